The van der Waals surface area contributed by atoms with E-state index in [4.69, 9.17) is 10.2 Å². The molecule has 1 aromatic carbocycles. The quantitative estimate of drug-likeness (QED) is 0.766. The minimum absolute atomic E-state index is 0.243. The Morgan fingerprint density at radius 2 is 2.23 bits per heavy atom. The van der Waals surface area contributed by atoms with Gasteiger partial charge in [-0.3, -0.25) is 0 Å². The van der Waals surface area contributed by atoms with E-state index in [2.05, 4.69) is 0 Å². The topological polar surface area (TPSA) is 39.2 Å². The fourth-order valence-electron chi connectivity index (χ4n) is 1.38. The van der Waals surface area contributed by atoms with E-state index in [0.717, 1.165) is 5.39 Å². The zero-order valence-corrected chi connectivity index (χ0v) is 7.09. The van der Waals surface area contributed by atoms with Crippen LogP contribution in [0.15, 0.2) is 28.9 Å². The second-order valence-electron chi connectivity index (χ2n) is 2.94. The van der Waals surface area contributed by atoms with Crippen molar-refractivity contribution >= 4 is 11.0 Å². The van der Waals surface area contributed by atoms with Crippen molar-refractivity contribution in [1.82, 2.24) is 0 Å². The summed E-state index contributed by atoms with van der Waals surface area (Å²) in [7, 11) is 0. The summed E-state index contributed by atoms with van der Waals surface area (Å²) in [5.41, 5.74) is 6.59. The Morgan fingerprint density at radius 3 is 3.00 bits per heavy atom. The van der Waals surface area contributed by atoms with E-state index in [0.29, 0.717) is 24.1 Å². The number of furan rings is 1. The van der Waals surface area contributed by atoms with Crippen LogP contribution < -0.4 is 5.73 Å². The van der Waals surface area contributed by atoms with Crippen LogP contribution >= 0.6 is 0 Å². The van der Waals surface area contributed by atoms with Crippen molar-refractivity contribution in [3.63, 3.8) is 0 Å². The van der Waals surface area contributed by atoms with E-state index in [9.17, 15) is 4.39 Å². The molecule has 0 atom stereocenters. The predicted octanol–water partition coefficient (Wildman–Crippen LogP) is 2.07. The molecule has 2 N–H and O–H groups in total. The van der Waals surface area contributed by atoms with Crippen LogP contribution in [0, 0.1) is 5.82 Å². The van der Waals surface area contributed by atoms with Gasteiger partial charge in [0.1, 0.15) is 11.4 Å². The molecule has 0 aliphatic carbocycles. The molecule has 1 aromatic heterocycles. The number of fused-ring (bicyclic) bond motifs is 1. The minimum atomic E-state index is -0.243. The van der Waals surface area contributed by atoms with E-state index in [1.165, 1.54) is 6.07 Å². The zero-order chi connectivity index (χ0) is 9.26. The largest absolute Gasteiger partial charge is 0.464 e. The summed E-state index contributed by atoms with van der Waals surface area (Å²) in [6, 6.07) is 5.00. The highest BCUT2D eigenvalue weighted by molar-refractivity contribution is 5.77. The summed E-state index contributed by atoms with van der Waals surface area (Å²) in [6.45, 7) is 0.459. The number of halogens is 1. The fraction of sp³-hybridized carbons (Fsp3) is 0.200. The van der Waals surface area contributed by atoms with Crippen LogP contribution in [0.2, 0.25) is 0 Å². The molecule has 3 heteroatoms. The van der Waals surface area contributed by atoms with E-state index in [-0.39, 0.29) is 5.82 Å². The molecule has 0 amide bonds. The van der Waals surface area contributed by atoms with Crippen molar-refractivity contribution < 1.29 is 8.81 Å². The molecule has 68 valence electrons. The molecule has 0 saturated carbocycles. The van der Waals surface area contributed by atoms with Gasteiger partial charge in [0, 0.05) is 11.5 Å². The lowest BCUT2D eigenvalue weighted by Gasteiger charge is -2.00. The summed E-state index contributed by atoms with van der Waals surface area (Å²) in [6.07, 6.45) is 2.11. The van der Waals surface area contributed by atoms with Crippen molar-refractivity contribution in [3.05, 3.63) is 35.8 Å². The maximum Gasteiger partial charge on any atom is 0.136 e. The predicted molar refractivity (Wildman–Crippen MR) is 48.9 cm³/mol. The van der Waals surface area contributed by atoms with Crippen molar-refractivity contribution in [1.29, 1.82) is 0 Å². The Kier molecular flexibility index (Phi) is 2.02. The summed E-state index contributed by atoms with van der Waals surface area (Å²) >= 11 is 0. The Morgan fingerprint density at radius 1 is 1.38 bits per heavy atom. The van der Waals surface area contributed by atoms with Gasteiger partial charge in [0.25, 0.3) is 0 Å². The molecule has 0 aliphatic heterocycles. The third-order valence-corrected chi connectivity index (χ3v) is 2.04. The molecule has 1 heterocycles. The van der Waals surface area contributed by atoms with Crippen LogP contribution in [-0.4, -0.2) is 6.54 Å². The lowest BCUT2D eigenvalue weighted by Crippen LogP contribution is -2.04. The standard InChI is InChI=1S/C10H10FNO/c11-9-6-10-8(2-4-13-10)5-7(9)1-3-12/h2,4-6H,1,3,12H2. The first-order valence-corrected chi connectivity index (χ1v) is 4.17. The van der Waals surface area contributed by atoms with Gasteiger partial charge in [-0.05, 0) is 30.7 Å². The summed E-state index contributed by atoms with van der Waals surface area (Å²) in [4.78, 5) is 0. The summed E-state index contributed by atoms with van der Waals surface area (Å²) in [5, 5.41) is 0.921. The lowest BCUT2D eigenvalue weighted by atomic mass is 10.1. The smallest absolute Gasteiger partial charge is 0.136 e. The molecule has 2 rings (SSSR count). The van der Waals surface area contributed by atoms with Gasteiger partial charge < -0.3 is 10.2 Å². The third-order valence-electron chi connectivity index (χ3n) is 2.04. The van der Waals surface area contributed by atoms with Gasteiger partial charge in [-0.15, -0.1) is 0 Å². The molecule has 0 saturated heterocycles. The summed E-state index contributed by atoms with van der Waals surface area (Å²) in [5.74, 6) is -0.243. The Labute approximate surface area is 75.1 Å². The average molecular weight is 179 g/mol. The molecule has 0 radical (unpaired) electrons. The van der Waals surface area contributed by atoms with Crippen molar-refractivity contribution in [2.75, 3.05) is 6.54 Å². The molecule has 0 unspecified atom stereocenters. The number of hydrogen-bond donors (Lipinski definition) is 1. The van der Waals surface area contributed by atoms with Gasteiger partial charge in [-0.2, -0.15) is 0 Å². The Hall–Kier alpha value is -1.35. The number of benzene rings is 1. The second-order valence-corrected chi connectivity index (χ2v) is 2.94. The molecular formula is C10H10FNO. The van der Waals surface area contributed by atoms with Gasteiger partial charge in [-0.1, -0.05) is 0 Å². The fourth-order valence-corrected chi connectivity index (χ4v) is 1.38. The zero-order valence-electron chi connectivity index (χ0n) is 7.09. The highest BCUT2D eigenvalue weighted by Gasteiger charge is 2.05. The summed E-state index contributed by atoms with van der Waals surface area (Å²) < 4.78 is 18.3. The molecule has 0 bridgehead atoms. The van der Waals surface area contributed by atoms with Gasteiger partial charge in [-0.25, -0.2) is 4.39 Å². The molecule has 0 fully saturated rings. The molecule has 13 heavy (non-hydrogen) atoms. The number of hydrogen-bond acceptors (Lipinski definition) is 2. The van der Waals surface area contributed by atoms with Crippen molar-refractivity contribution in [3.8, 4) is 0 Å². The molecular weight excluding hydrogens is 169 g/mol. The van der Waals surface area contributed by atoms with Crippen molar-refractivity contribution in [2.45, 2.75) is 6.42 Å². The first kappa shape index (κ1) is 8.26. The lowest BCUT2D eigenvalue weighted by molar-refractivity contribution is 0.590. The van der Waals surface area contributed by atoms with Gasteiger partial charge in [0.15, 0.2) is 0 Å². The maximum absolute atomic E-state index is 13.3. The molecule has 2 aromatic rings. The van der Waals surface area contributed by atoms with Crippen LogP contribution in [0.25, 0.3) is 11.0 Å². The normalized spacial score (nSPS) is 10.9. The first-order chi connectivity index (χ1) is 6.31. The SMILES string of the molecule is NCCc1cc2ccoc2cc1F. The van der Waals surface area contributed by atoms with Gasteiger partial charge in [0.05, 0.1) is 6.26 Å². The van der Waals surface area contributed by atoms with Crippen LogP contribution in [0.3, 0.4) is 0 Å². The monoisotopic (exact) mass is 179 g/mol. The maximum atomic E-state index is 13.3. The Bertz CT molecular complexity index is 422. The van der Waals surface area contributed by atoms with Crippen LogP contribution in [0.4, 0.5) is 4.39 Å². The minimum Gasteiger partial charge on any atom is -0.464 e. The Balaban J connectivity index is 2.56. The van der Waals surface area contributed by atoms with E-state index in [1.807, 2.05) is 6.07 Å². The highest BCUT2D eigenvalue weighted by atomic mass is 19.1. The van der Waals surface area contributed by atoms with Crippen molar-refractivity contribution in [2.24, 2.45) is 5.73 Å². The van der Waals surface area contributed by atoms with Crippen LogP contribution in [0.1, 0.15) is 5.56 Å². The van der Waals surface area contributed by atoms with E-state index >= 15 is 0 Å². The first-order valence-electron chi connectivity index (χ1n) is 4.17. The van der Waals surface area contributed by atoms with Crippen LogP contribution in [-0.2, 0) is 6.42 Å². The number of nitrogens with two attached hydrogens (primary N) is 1. The second kappa shape index (κ2) is 3.18. The van der Waals surface area contributed by atoms with E-state index in [1.54, 1.807) is 12.3 Å². The van der Waals surface area contributed by atoms with E-state index < -0.39 is 0 Å². The van der Waals surface area contributed by atoms with Crippen LogP contribution in [0.5, 0.6) is 0 Å². The molecule has 2 nitrogen and oxygen atoms in total. The average Bonchev–Trinajstić information content (AvgIpc) is 2.52. The third kappa shape index (κ3) is 1.42. The van der Waals surface area contributed by atoms with Gasteiger partial charge >= 0.3 is 0 Å². The molecule has 0 aliphatic rings. The molecule has 0 spiro atoms. The number of rotatable bonds is 2. The van der Waals surface area contributed by atoms with Gasteiger partial charge in [0.2, 0.25) is 0 Å². The highest BCUT2D eigenvalue weighted by Crippen LogP contribution is 2.20.